The molecule has 126 valence electrons. The fraction of sp³-hybridized carbons (Fsp3) is 0.143. The Hall–Kier alpha value is -2.63. The number of hydrogen-bond acceptors (Lipinski definition) is 6. The molecule has 0 saturated carbocycles. The molecule has 0 unspecified atom stereocenters. The third kappa shape index (κ3) is 5.22. The molecule has 0 amide bonds. The number of aromatic nitrogens is 1. The second-order valence-electron chi connectivity index (χ2n) is 4.72. The van der Waals surface area contributed by atoms with Crippen LogP contribution in [0.2, 0.25) is 0 Å². The quantitative estimate of drug-likeness (QED) is 0.208. The van der Waals surface area contributed by atoms with E-state index in [0.29, 0.717) is 12.3 Å². The highest BCUT2D eigenvalue weighted by atomic mass is 127. The summed E-state index contributed by atoms with van der Waals surface area (Å²) >= 11 is 0. The first-order valence-electron chi connectivity index (χ1n) is 6.63. The van der Waals surface area contributed by atoms with Gasteiger partial charge in [-0.3, -0.25) is 25.7 Å². The Kier molecular flexibility index (Phi) is 7.17. The summed E-state index contributed by atoms with van der Waals surface area (Å²) in [4.78, 5) is 20.3. The van der Waals surface area contributed by atoms with Crippen LogP contribution in [-0.4, -0.2) is 15.6 Å². The maximum Gasteiger partial charge on any atom is 0.301 e. The fourth-order valence-electron chi connectivity index (χ4n) is 1.87. The normalized spacial score (nSPS) is 10.6. The molecule has 0 aliphatic heterocycles. The fourth-order valence-corrected chi connectivity index (χ4v) is 1.87. The van der Waals surface area contributed by atoms with Crippen molar-refractivity contribution in [3.8, 4) is 0 Å². The van der Waals surface area contributed by atoms with Crippen molar-refractivity contribution in [2.75, 3.05) is 5.43 Å². The zero-order chi connectivity index (χ0) is 16.8. The first kappa shape index (κ1) is 19.4. The van der Waals surface area contributed by atoms with E-state index < -0.39 is 15.5 Å². The van der Waals surface area contributed by atoms with Crippen LogP contribution in [0.4, 0.5) is 17.1 Å². The minimum atomic E-state index is -0.688. The molecule has 0 atom stereocenters. The molecule has 1 aromatic carbocycles. The van der Waals surface area contributed by atoms with Crippen molar-refractivity contribution < 1.29 is 38.4 Å². The van der Waals surface area contributed by atoms with Crippen molar-refractivity contribution >= 4 is 22.8 Å². The van der Waals surface area contributed by atoms with E-state index in [1.807, 2.05) is 35.2 Å². The molecule has 0 aliphatic rings. The predicted molar refractivity (Wildman–Crippen MR) is 83.1 cm³/mol. The van der Waals surface area contributed by atoms with E-state index in [1.54, 1.807) is 6.92 Å². The average molecular weight is 443 g/mol. The van der Waals surface area contributed by atoms with Crippen LogP contribution in [0.5, 0.6) is 0 Å². The summed E-state index contributed by atoms with van der Waals surface area (Å²) in [6.07, 6.45) is 3.74. The summed E-state index contributed by atoms with van der Waals surface area (Å²) in [6.45, 7) is 2.28. The van der Waals surface area contributed by atoms with Crippen molar-refractivity contribution in [2.45, 2.75) is 13.5 Å². The monoisotopic (exact) mass is 443 g/mol. The van der Waals surface area contributed by atoms with E-state index in [0.717, 1.165) is 6.07 Å². The third-order valence-corrected chi connectivity index (χ3v) is 2.94. The Bertz CT molecular complexity index is 767. The number of halogens is 1. The Morgan fingerprint density at radius 1 is 1.17 bits per heavy atom. The van der Waals surface area contributed by atoms with E-state index in [2.05, 4.69) is 10.5 Å². The zero-order valence-corrected chi connectivity index (χ0v) is 14.8. The van der Waals surface area contributed by atoms with Crippen molar-refractivity contribution in [3.63, 3.8) is 0 Å². The van der Waals surface area contributed by atoms with Gasteiger partial charge in [0.15, 0.2) is 18.9 Å². The van der Waals surface area contributed by atoms with E-state index in [1.165, 1.54) is 12.1 Å². The molecule has 1 N–H and O–H groups in total. The largest absolute Gasteiger partial charge is 1.00 e. The summed E-state index contributed by atoms with van der Waals surface area (Å²) in [5, 5.41) is 25.8. The van der Waals surface area contributed by atoms with Gasteiger partial charge in [-0.25, -0.2) is 0 Å². The first-order valence-corrected chi connectivity index (χ1v) is 6.63. The topological polar surface area (TPSA) is 115 Å². The van der Waals surface area contributed by atoms with Gasteiger partial charge in [-0.2, -0.15) is 9.67 Å². The lowest BCUT2D eigenvalue weighted by molar-refractivity contribution is -0.682. The highest BCUT2D eigenvalue weighted by Gasteiger charge is 2.19. The highest BCUT2D eigenvalue weighted by Crippen LogP contribution is 2.28. The van der Waals surface area contributed by atoms with Gasteiger partial charge in [0.05, 0.1) is 21.6 Å². The zero-order valence-electron chi connectivity index (χ0n) is 12.6. The van der Waals surface area contributed by atoms with Crippen LogP contribution in [0.25, 0.3) is 0 Å². The van der Waals surface area contributed by atoms with Gasteiger partial charge in [-0.1, -0.05) is 6.07 Å². The van der Waals surface area contributed by atoms with Crippen molar-refractivity contribution in [2.24, 2.45) is 5.10 Å². The number of nitrogens with one attached hydrogen (secondary N) is 1. The van der Waals surface area contributed by atoms with Gasteiger partial charge in [0, 0.05) is 18.2 Å². The Morgan fingerprint density at radius 3 is 2.42 bits per heavy atom. The van der Waals surface area contributed by atoms with Gasteiger partial charge in [0.2, 0.25) is 0 Å². The SMILES string of the molecule is C/C(C[n+]1ccccc1)=N\Nc1ccc([N+](=O)[O-])cc1[N+](=O)[O-].[I-]. The number of benzene rings is 1. The van der Waals surface area contributed by atoms with Gasteiger partial charge in [-0.15, -0.1) is 0 Å². The van der Waals surface area contributed by atoms with E-state index in [9.17, 15) is 20.2 Å². The summed E-state index contributed by atoms with van der Waals surface area (Å²) in [7, 11) is 0. The molecule has 0 saturated heterocycles. The van der Waals surface area contributed by atoms with Crippen LogP contribution >= 0.6 is 0 Å². The van der Waals surface area contributed by atoms with Crippen molar-refractivity contribution in [1.29, 1.82) is 0 Å². The maximum atomic E-state index is 11.0. The lowest BCUT2D eigenvalue weighted by Gasteiger charge is -2.03. The molecule has 9 nitrogen and oxygen atoms in total. The number of anilines is 1. The molecule has 0 fully saturated rings. The number of nitrogens with zero attached hydrogens (tertiary/aromatic N) is 4. The molecule has 1 heterocycles. The van der Waals surface area contributed by atoms with Crippen LogP contribution < -0.4 is 34.0 Å². The second kappa shape index (κ2) is 8.86. The summed E-state index contributed by atoms with van der Waals surface area (Å²) in [5.41, 5.74) is 2.63. The molecule has 0 bridgehead atoms. The maximum absolute atomic E-state index is 11.0. The minimum Gasteiger partial charge on any atom is -1.00 e. The van der Waals surface area contributed by atoms with E-state index in [4.69, 9.17) is 0 Å². The summed E-state index contributed by atoms with van der Waals surface area (Å²) < 4.78 is 1.89. The van der Waals surface area contributed by atoms with Crippen LogP contribution in [-0.2, 0) is 6.54 Å². The Morgan fingerprint density at radius 2 is 1.83 bits per heavy atom. The van der Waals surface area contributed by atoms with Crippen molar-refractivity contribution in [1.82, 2.24) is 0 Å². The van der Waals surface area contributed by atoms with Crippen LogP contribution in [0, 0.1) is 20.2 Å². The third-order valence-electron chi connectivity index (χ3n) is 2.94. The second-order valence-corrected chi connectivity index (χ2v) is 4.72. The van der Waals surface area contributed by atoms with Crippen LogP contribution in [0.3, 0.4) is 0 Å². The van der Waals surface area contributed by atoms with Gasteiger partial charge in [-0.05, 0) is 13.0 Å². The van der Waals surface area contributed by atoms with E-state index in [-0.39, 0.29) is 35.4 Å². The molecular weight excluding hydrogens is 429 g/mol. The van der Waals surface area contributed by atoms with Gasteiger partial charge in [0.1, 0.15) is 5.69 Å². The van der Waals surface area contributed by atoms with E-state index >= 15 is 0 Å². The van der Waals surface area contributed by atoms with Gasteiger partial charge < -0.3 is 24.0 Å². The van der Waals surface area contributed by atoms with Crippen LogP contribution in [0.1, 0.15) is 6.92 Å². The summed E-state index contributed by atoms with van der Waals surface area (Å²) in [5.74, 6) is 0. The molecule has 1 aromatic heterocycles. The van der Waals surface area contributed by atoms with Crippen LogP contribution in [0.15, 0.2) is 53.9 Å². The molecular formula is C14H14IN5O4. The van der Waals surface area contributed by atoms with Gasteiger partial charge >= 0.3 is 5.69 Å². The molecule has 0 radical (unpaired) electrons. The average Bonchev–Trinajstić information content (AvgIpc) is 2.53. The Labute approximate surface area is 154 Å². The lowest BCUT2D eigenvalue weighted by atomic mass is 10.2. The molecule has 10 heteroatoms. The first-order chi connectivity index (χ1) is 11.0. The molecule has 2 rings (SSSR count). The highest BCUT2D eigenvalue weighted by molar-refractivity contribution is 5.81. The number of hydrazone groups is 1. The lowest BCUT2D eigenvalue weighted by Crippen LogP contribution is -3.00. The Balaban J connectivity index is 0.00000288. The number of rotatable bonds is 6. The minimum absolute atomic E-state index is 0. The van der Waals surface area contributed by atoms with Gasteiger partial charge in [0.25, 0.3) is 5.69 Å². The standard InChI is InChI=1S/C14H14N5O4.HI/c1-11(10-17-7-3-2-4-8-17)15-16-13-6-5-12(18(20)21)9-14(13)19(22)23;/h2-9,16H,10H2,1H3;1H/q+1;/p-1/b15-11+;. The number of pyridine rings is 1. The number of nitro groups is 2. The number of hydrogen-bond donors (Lipinski definition) is 1. The predicted octanol–water partition coefficient (Wildman–Crippen LogP) is -0.717. The number of non-ortho nitro benzene ring substituents is 1. The smallest absolute Gasteiger partial charge is 0.301 e. The molecule has 0 aliphatic carbocycles. The molecule has 24 heavy (non-hydrogen) atoms. The summed E-state index contributed by atoms with van der Waals surface area (Å²) in [6, 6.07) is 9.00. The number of nitro benzene ring substituents is 2. The molecule has 0 spiro atoms. The molecule has 2 aromatic rings. The van der Waals surface area contributed by atoms with Crippen molar-refractivity contribution in [3.05, 3.63) is 69.0 Å².